The van der Waals surface area contributed by atoms with Crippen LogP contribution in [0.25, 0.3) is 0 Å². The first-order valence-electron chi connectivity index (χ1n) is 13.1. The van der Waals surface area contributed by atoms with Gasteiger partial charge in [0.2, 0.25) is 0 Å². The Labute approximate surface area is 181 Å². The van der Waals surface area contributed by atoms with Crippen LogP contribution in [0.4, 0.5) is 0 Å². The number of aliphatic hydroxyl groups excluding tert-OH is 1. The fourth-order valence-corrected chi connectivity index (χ4v) is 9.01. The van der Waals surface area contributed by atoms with Gasteiger partial charge in [-0.3, -0.25) is 0 Å². The van der Waals surface area contributed by atoms with Gasteiger partial charge in [-0.1, -0.05) is 78.4 Å². The van der Waals surface area contributed by atoms with E-state index >= 15 is 0 Å². The highest BCUT2D eigenvalue weighted by Gasteiger charge is 2.61. The van der Waals surface area contributed by atoms with E-state index in [1.165, 1.54) is 70.6 Å². The van der Waals surface area contributed by atoms with E-state index in [1.807, 2.05) is 5.57 Å². The predicted octanol–water partition coefficient (Wildman–Crippen LogP) is 7.78. The topological polar surface area (TPSA) is 20.2 Å². The number of hydrogen-bond acceptors (Lipinski definition) is 1. The van der Waals surface area contributed by atoms with E-state index in [0.29, 0.717) is 17.4 Å². The fraction of sp³-hybridized carbons (Fsp3) is 0.929. The minimum atomic E-state index is 0.176. The van der Waals surface area contributed by atoms with Crippen molar-refractivity contribution in [2.24, 2.45) is 45.8 Å². The molecule has 3 fully saturated rings. The molecule has 1 N–H and O–H groups in total. The van der Waals surface area contributed by atoms with Crippen molar-refractivity contribution in [2.75, 3.05) is 6.61 Å². The molecule has 0 amide bonds. The highest BCUT2D eigenvalue weighted by molar-refractivity contribution is 5.29. The monoisotopic (exact) mass is 400 g/mol. The molecule has 0 aliphatic heterocycles. The third-order valence-electron chi connectivity index (χ3n) is 10.9. The zero-order valence-corrected chi connectivity index (χ0v) is 20.1. The largest absolute Gasteiger partial charge is 0.396 e. The van der Waals surface area contributed by atoms with E-state index in [0.717, 1.165) is 36.0 Å². The highest BCUT2D eigenvalue weighted by atomic mass is 16.3. The molecule has 4 aliphatic rings. The molecule has 0 aromatic heterocycles. The van der Waals surface area contributed by atoms with Crippen LogP contribution in [0.15, 0.2) is 11.6 Å². The number of rotatable bonds is 6. The minimum Gasteiger partial charge on any atom is -0.396 e. The first kappa shape index (κ1) is 21.9. The molecule has 166 valence electrons. The van der Waals surface area contributed by atoms with Crippen LogP contribution >= 0.6 is 0 Å². The van der Waals surface area contributed by atoms with Crippen molar-refractivity contribution in [3.63, 3.8) is 0 Å². The van der Waals surface area contributed by atoms with Gasteiger partial charge < -0.3 is 5.11 Å². The average molecular weight is 401 g/mol. The summed E-state index contributed by atoms with van der Waals surface area (Å²) in [7, 11) is 0. The molecule has 0 aromatic carbocycles. The van der Waals surface area contributed by atoms with Gasteiger partial charge in [-0.2, -0.15) is 0 Å². The number of allylic oxidation sites excluding steroid dienone is 2. The van der Waals surface area contributed by atoms with Gasteiger partial charge >= 0.3 is 0 Å². The zero-order chi connectivity index (χ0) is 20.9. The van der Waals surface area contributed by atoms with Gasteiger partial charge in [-0.25, -0.2) is 0 Å². The Balaban J connectivity index is 1.55. The summed E-state index contributed by atoms with van der Waals surface area (Å²) in [4.78, 5) is 0. The average Bonchev–Trinajstić information content (AvgIpc) is 3.04. The second kappa shape index (κ2) is 7.99. The molecular weight excluding hydrogens is 352 g/mol. The van der Waals surface area contributed by atoms with Crippen LogP contribution < -0.4 is 0 Å². The number of aliphatic hydroxyl groups is 1. The second-order valence-corrected chi connectivity index (χ2v) is 12.6. The summed E-state index contributed by atoms with van der Waals surface area (Å²) >= 11 is 0. The van der Waals surface area contributed by atoms with E-state index in [4.69, 9.17) is 0 Å². The Morgan fingerprint density at radius 2 is 1.72 bits per heavy atom. The summed E-state index contributed by atoms with van der Waals surface area (Å²) in [6.45, 7) is 13.0. The van der Waals surface area contributed by atoms with Gasteiger partial charge in [-0.05, 0) is 85.4 Å². The molecule has 3 saturated carbocycles. The van der Waals surface area contributed by atoms with Crippen LogP contribution in [0.5, 0.6) is 0 Å². The summed E-state index contributed by atoms with van der Waals surface area (Å²) in [5.74, 6) is 4.22. The molecule has 1 unspecified atom stereocenters. The van der Waals surface area contributed by atoms with Gasteiger partial charge in [0.1, 0.15) is 0 Å². The maximum atomic E-state index is 10.5. The molecule has 0 bridgehead atoms. The molecule has 0 radical (unpaired) electrons. The Bertz CT molecular complexity index is 620. The summed E-state index contributed by atoms with van der Waals surface area (Å²) < 4.78 is 0. The van der Waals surface area contributed by atoms with E-state index in [9.17, 15) is 5.11 Å². The third kappa shape index (κ3) is 3.37. The van der Waals surface area contributed by atoms with Gasteiger partial charge in [0.15, 0.2) is 0 Å². The van der Waals surface area contributed by atoms with Crippen molar-refractivity contribution in [1.29, 1.82) is 0 Å². The quantitative estimate of drug-likeness (QED) is 0.451. The first-order chi connectivity index (χ1) is 13.8. The summed E-state index contributed by atoms with van der Waals surface area (Å²) in [6.07, 6.45) is 19.0. The molecule has 0 spiro atoms. The molecular formula is C28H48O. The van der Waals surface area contributed by atoms with Gasteiger partial charge in [0, 0.05) is 12.0 Å². The molecule has 1 nitrogen and oxygen atoms in total. The van der Waals surface area contributed by atoms with Crippen molar-refractivity contribution in [3.8, 4) is 0 Å². The Hall–Kier alpha value is -0.300. The zero-order valence-electron chi connectivity index (χ0n) is 20.1. The van der Waals surface area contributed by atoms with Gasteiger partial charge in [0.05, 0.1) is 0 Å². The van der Waals surface area contributed by atoms with Crippen LogP contribution in [0, 0.1) is 45.8 Å². The van der Waals surface area contributed by atoms with E-state index in [2.05, 4.69) is 40.7 Å². The summed E-state index contributed by atoms with van der Waals surface area (Å²) in [5, 5.41) is 10.5. The fourth-order valence-electron chi connectivity index (χ4n) is 9.01. The van der Waals surface area contributed by atoms with E-state index in [1.54, 1.807) is 0 Å². The molecule has 7 atom stereocenters. The van der Waals surface area contributed by atoms with Crippen molar-refractivity contribution in [2.45, 2.75) is 112 Å². The molecule has 0 heterocycles. The van der Waals surface area contributed by atoms with Gasteiger partial charge in [-0.15, -0.1) is 0 Å². The van der Waals surface area contributed by atoms with Crippen molar-refractivity contribution in [1.82, 2.24) is 0 Å². The second-order valence-electron chi connectivity index (χ2n) is 12.6. The molecule has 1 heteroatoms. The maximum Gasteiger partial charge on any atom is 0.0495 e. The van der Waals surface area contributed by atoms with Crippen LogP contribution in [-0.2, 0) is 0 Å². The van der Waals surface area contributed by atoms with Crippen LogP contribution in [0.2, 0.25) is 0 Å². The van der Waals surface area contributed by atoms with Gasteiger partial charge in [0.25, 0.3) is 0 Å². The standard InChI is InChI=1S/C28H48O/c1-20(2)9-8-10-21(3)23-11-12-24-22-13-18-28(19-29)16-7-6-15-27(28,5)25(22)14-17-26(23,24)4/h13,20-21,23-25,29H,6-12,14-19H2,1-5H3/t21?,23-,24+,25+,26-,27-,28+/m1/s1. The van der Waals surface area contributed by atoms with Crippen molar-refractivity contribution in [3.05, 3.63) is 11.6 Å². The highest BCUT2D eigenvalue weighted by Crippen LogP contribution is 2.69. The Kier molecular flexibility index (Phi) is 6.04. The third-order valence-corrected chi connectivity index (χ3v) is 10.9. The summed E-state index contributed by atoms with van der Waals surface area (Å²) in [6, 6.07) is 0. The van der Waals surface area contributed by atoms with Crippen molar-refractivity contribution < 1.29 is 5.11 Å². The predicted molar refractivity (Wildman–Crippen MR) is 124 cm³/mol. The lowest BCUT2D eigenvalue weighted by Crippen LogP contribution is -2.55. The molecule has 4 rings (SSSR count). The lowest BCUT2D eigenvalue weighted by Gasteiger charge is -2.62. The number of hydrogen-bond donors (Lipinski definition) is 1. The Morgan fingerprint density at radius 1 is 0.966 bits per heavy atom. The smallest absolute Gasteiger partial charge is 0.0495 e. The SMILES string of the molecule is CC(C)CCCC(C)[C@H]1CC[C@H]2C3=CC[C@]4(CO)CCCC[C@]4(C)[C@H]3CC[C@]12C. The Morgan fingerprint density at radius 3 is 2.45 bits per heavy atom. The van der Waals surface area contributed by atoms with Crippen molar-refractivity contribution >= 4 is 0 Å². The van der Waals surface area contributed by atoms with E-state index < -0.39 is 0 Å². The maximum absolute atomic E-state index is 10.5. The van der Waals surface area contributed by atoms with Crippen LogP contribution in [0.3, 0.4) is 0 Å². The summed E-state index contributed by atoms with van der Waals surface area (Å²) in [5.41, 5.74) is 2.90. The van der Waals surface area contributed by atoms with Crippen LogP contribution in [0.1, 0.15) is 112 Å². The minimum absolute atomic E-state index is 0.176. The first-order valence-corrected chi connectivity index (χ1v) is 13.1. The molecule has 4 aliphatic carbocycles. The lowest BCUT2D eigenvalue weighted by atomic mass is 9.43. The normalized spacial score (nSPS) is 45.3. The van der Waals surface area contributed by atoms with E-state index in [-0.39, 0.29) is 5.41 Å². The molecule has 0 aromatic rings. The van der Waals surface area contributed by atoms with Crippen LogP contribution in [-0.4, -0.2) is 11.7 Å². The lowest BCUT2D eigenvalue weighted by molar-refractivity contribution is -0.0998. The molecule has 0 saturated heterocycles. The number of fused-ring (bicyclic) bond motifs is 5. The molecule has 29 heavy (non-hydrogen) atoms.